The van der Waals surface area contributed by atoms with Crippen LogP contribution in [0.3, 0.4) is 0 Å². The fourth-order valence-corrected chi connectivity index (χ4v) is 2.86. The topological polar surface area (TPSA) is 44.9 Å². The number of halogens is 1. The summed E-state index contributed by atoms with van der Waals surface area (Å²) in [6, 6.07) is 5.93. The van der Waals surface area contributed by atoms with Crippen LogP contribution in [0.5, 0.6) is 0 Å². The molecular formula is C16H19ClN2O. The summed E-state index contributed by atoms with van der Waals surface area (Å²) in [7, 11) is 0. The van der Waals surface area contributed by atoms with E-state index in [2.05, 4.69) is 22.6 Å². The largest absolute Gasteiger partial charge is 0.361 e. The van der Waals surface area contributed by atoms with Crippen LogP contribution in [-0.2, 0) is 10.2 Å². The molecule has 0 bridgehead atoms. The monoisotopic (exact) mass is 290 g/mol. The Morgan fingerprint density at radius 2 is 2.20 bits per heavy atom. The average molecular weight is 291 g/mol. The number of aromatic nitrogens is 1. The predicted octanol–water partition coefficient (Wildman–Crippen LogP) is 3.63. The molecule has 1 aromatic carbocycles. The average Bonchev–Trinajstić information content (AvgIpc) is 3.08. The van der Waals surface area contributed by atoms with Gasteiger partial charge in [-0.15, -0.1) is 0 Å². The van der Waals surface area contributed by atoms with Crippen LogP contribution in [0.1, 0.15) is 32.3 Å². The van der Waals surface area contributed by atoms with E-state index in [1.54, 1.807) is 0 Å². The molecule has 0 atom stereocenters. The van der Waals surface area contributed by atoms with Crippen molar-refractivity contribution in [1.29, 1.82) is 0 Å². The summed E-state index contributed by atoms with van der Waals surface area (Å²) >= 11 is 6.02. The van der Waals surface area contributed by atoms with Crippen molar-refractivity contribution in [2.75, 3.05) is 6.54 Å². The van der Waals surface area contributed by atoms with Gasteiger partial charge in [0.25, 0.3) is 0 Å². The number of benzene rings is 1. The fourth-order valence-electron chi connectivity index (χ4n) is 2.69. The summed E-state index contributed by atoms with van der Waals surface area (Å²) in [5.74, 6) is 0.159. The first-order valence-electron chi connectivity index (χ1n) is 7.07. The van der Waals surface area contributed by atoms with Gasteiger partial charge in [0.2, 0.25) is 5.91 Å². The minimum atomic E-state index is 0.0348. The number of carbonyl (C=O) groups excluding carboxylic acids is 1. The maximum atomic E-state index is 11.8. The van der Waals surface area contributed by atoms with E-state index in [4.69, 9.17) is 11.6 Å². The van der Waals surface area contributed by atoms with Crippen LogP contribution in [0.2, 0.25) is 5.02 Å². The summed E-state index contributed by atoms with van der Waals surface area (Å²) in [6.45, 7) is 4.56. The highest BCUT2D eigenvalue weighted by Gasteiger charge is 2.45. The van der Waals surface area contributed by atoms with Gasteiger partial charge in [-0.05, 0) is 30.5 Å². The first kappa shape index (κ1) is 13.5. The van der Waals surface area contributed by atoms with Crippen molar-refractivity contribution in [3.8, 4) is 0 Å². The maximum Gasteiger partial charge on any atom is 0.222 e. The van der Waals surface area contributed by atoms with Crippen molar-refractivity contribution < 1.29 is 4.79 Å². The minimum Gasteiger partial charge on any atom is -0.361 e. The highest BCUT2D eigenvalue weighted by atomic mass is 35.5. The molecule has 1 heterocycles. The Morgan fingerprint density at radius 3 is 2.85 bits per heavy atom. The lowest BCUT2D eigenvalue weighted by Crippen LogP contribution is -2.34. The Morgan fingerprint density at radius 1 is 1.45 bits per heavy atom. The maximum absolute atomic E-state index is 11.8. The van der Waals surface area contributed by atoms with E-state index in [9.17, 15) is 4.79 Å². The summed E-state index contributed by atoms with van der Waals surface area (Å²) in [5, 5.41) is 5.02. The van der Waals surface area contributed by atoms with Gasteiger partial charge in [0.15, 0.2) is 0 Å². The Labute approximate surface area is 123 Å². The molecule has 2 aromatic rings. The molecule has 3 nitrogen and oxygen atoms in total. The zero-order chi connectivity index (χ0) is 14.3. The van der Waals surface area contributed by atoms with Crippen LogP contribution in [0.4, 0.5) is 0 Å². The van der Waals surface area contributed by atoms with Crippen LogP contribution < -0.4 is 5.32 Å². The molecule has 106 valence electrons. The number of rotatable bonds is 4. The molecule has 1 aromatic heterocycles. The fraction of sp³-hybridized carbons (Fsp3) is 0.438. The lowest BCUT2D eigenvalue weighted by atomic mass is 9.95. The van der Waals surface area contributed by atoms with Crippen LogP contribution >= 0.6 is 11.6 Å². The van der Waals surface area contributed by atoms with E-state index >= 15 is 0 Å². The number of hydrogen-bond acceptors (Lipinski definition) is 1. The molecule has 1 aliphatic rings. The van der Waals surface area contributed by atoms with Crippen molar-refractivity contribution in [2.24, 2.45) is 5.92 Å². The Bertz CT molecular complexity index is 656. The quantitative estimate of drug-likeness (QED) is 0.887. The number of nitrogens with one attached hydrogen (secondary N) is 2. The first-order chi connectivity index (χ1) is 9.52. The standard InChI is InChI=1S/C16H19ClN2O/c1-10(2)15(20)19-9-16(5-6-16)13-8-18-14-7-11(17)3-4-12(13)14/h3-4,7-8,10,18H,5-6,9H2,1-2H3,(H,19,20). The van der Waals surface area contributed by atoms with Crippen LogP contribution in [-0.4, -0.2) is 17.4 Å². The van der Waals surface area contributed by atoms with Gasteiger partial charge < -0.3 is 10.3 Å². The molecule has 2 N–H and O–H groups in total. The molecule has 1 fully saturated rings. The summed E-state index contributed by atoms with van der Waals surface area (Å²) < 4.78 is 0. The predicted molar refractivity (Wildman–Crippen MR) is 82.1 cm³/mol. The van der Waals surface area contributed by atoms with E-state index in [-0.39, 0.29) is 17.2 Å². The van der Waals surface area contributed by atoms with Crippen LogP contribution in [0.25, 0.3) is 10.9 Å². The first-order valence-corrected chi connectivity index (χ1v) is 7.44. The third-order valence-electron chi connectivity index (χ3n) is 4.19. The lowest BCUT2D eigenvalue weighted by Gasteiger charge is -2.16. The van der Waals surface area contributed by atoms with E-state index in [0.717, 1.165) is 29.9 Å². The molecule has 3 rings (SSSR count). The molecule has 1 saturated carbocycles. The molecule has 1 aliphatic carbocycles. The van der Waals surface area contributed by atoms with Crippen molar-refractivity contribution in [3.63, 3.8) is 0 Å². The smallest absolute Gasteiger partial charge is 0.222 e. The summed E-state index contributed by atoms with van der Waals surface area (Å²) in [6.07, 6.45) is 4.32. The van der Waals surface area contributed by atoms with Crippen molar-refractivity contribution in [2.45, 2.75) is 32.1 Å². The van der Waals surface area contributed by atoms with Crippen LogP contribution in [0, 0.1) is 5.92 Å². The molecular weight excluding hydrogens is 272 g/mol. The zero-order valence-electron chi connectivity index (χ0n) is 11.8. The van der Waals surface area contributed by atoms with E-state index in [1.165, 1.54) is 10.9 Å². The number of hydrogen-bond donors (Lipinski definition) is 2. The summed E-state index contributed by atoms with van der Waals surface area (Å²) in [5.41, 5.74) is 2.47. The molecule has 20 heavy (non-hydrogen) atoms. The van der Waals surface area contributed by atoms with Gasteiger partial charge in [0, 0.05) is 40.0 Å². The SMILES string of the molecule is CC(C)C(=O)NCC1(c2c[nH]c3cc(Cl)ccc23)CC1. The van der Waals surface area contributed by atoms with E-state index < -0.39 is 0 Å². The Balaban J connectivity index is 1.85. The van der Waals surface area contributed by atoms with E-state index in [1.807, 2.05) is 26.0 Å². The molecule has 1 amide bonds. The number of aromatic amines is 1. The lowest BCUT2D eigenvalue weighted by molar-refractivity contribution is -0.124. The summed E-state index contributed by atoms with van der Waals surface area (Å²) in [4.78, 5) is 15.0. The Kier molecular flexibility index (Phi) is 3.25. The van der Waals surface area contributed by atoms with Crippen LogP contribution in [0.15, 0.2) is 24.4 Å². The normalized spacial score (nSPS) is 16.6. The molecule has 0 unspecified atom stereocenters. The van der Waals surface area contributed by atoms with Gasteiger partial charge in [-0.25, -0.2) is 0 Å². The molecule has 0 radical (unpaired) electrons. The highest BCUT2D eigenvalue weighted by Crippen LogP contribution is 2.50. The van der Waals surface area contributed by atoms with Gasteiger partial charge in [-0.3, -0.25) is 4.79 Å². The number of fused-ring (bicyclic) bond motifs is 1. The van der Waals surface area contributed by atoms with E-state index in [0.29, 0.717) is 0 Å². The van der Waals surface area contributed by atoms with Gasteiger partial charge in [-0.1, -0.05) is 31.5 Å². The van der Waals surface area contributed by atoms with Crippen molar-refractivity contribution in [1.82, 2.24) is 10.3 Å². The second kappa shape index (κ2) is 4.81. The highest BCUT2D eigenvalue weighted by molar-refractivity contribution is 6.31. The number of amides is 1. The molecule has 0 spiro atoms. The number of carbonyl (C=O) groups is 1. The molecule has 0 aliphatic heterocycles. The molecule has 0 saturated heterocycles. The molecule has 4 heteroatoms. The zero-order valence-corrected chi connectivity index (χ0v) is 12.6. The minimum absolute atomic E-state index is 0.0348. The third-order valence-corrected chi connectivity index (χ3v) is 4.43. The van der Waals surface area contributed by atoms with Crippen molar-refractivity contribution in [3.05, 3.63) is 35.0 Å². The number of H-pyrrole nitrogens is 1. The van der Waals surface area contributed by atoms with Gasteiger partial charge in [0.05, 0.1) is 0 Å². The van der Waals surface area contributed by atoms with Gasteiger partial charge >= 0.3 is 0 Å². The third kappa shape index (κ3) is 2.31. The van der Waals surface area contributed by atoms with Gasteiger partial charge in [0.1, 0.15) is 0 Å². The second-order valence-corrected chi connectivity index (χ2v) is 6.48. The van der Waals surface area contributed by atoms with Gasteiger partial charge in [-0.2, -0.15) is 0 Å². The second-order valence-electron chi connectivity index (χ2n) is 6.05. The van der Waals surface area contributed by atoms with Crippen molar-refractivity contribution >= 4 is 28.4 Å². The Hall–Kier alpha value is -1.48.